The maximum atomic E-state index is 12.6. The molecule has 5 nitrogen and oxygen atoms in total. The molecule has 2 aromatic carbocycles. The molecule has 2 amide bonds. The van der Waals surface area contributed by atoms with Crippen LogP contribution in [0.25, 0.3) is 0 Å². The van der Waals surface area contributed by atoms with Gasteiger partial charge < -0.3 is 10.2 Å². The molecule has 0 saturated carbocycles. The Kier molecular flexibility index (Phi) is 6.82. The quantitative estimate of drug-likeness (QED) is 0.763. The van der Waals surface area contributed by atoms with E-state index in [-0.39, 0.29) is 11.8 Å². The first-order valence-corrected chi connectivity index (χ1v) is 10.1. The average Bonchev–Trinajstić information content (AvgIpc) is 3.17. The van der Waals surface area contributed by atoms with Crippen molar-refractivity contribution in [1.29, 1.82) is 0 Å². The van der Waals surface area contributed by atoms with Crippen LogP contribution in [0, 0.1) is 0 Å². The summed E-state index contributed by atoms with van der Waals surface area (Å²) in [6.07, 6.45) is 1.50. The van der Waals surface area contributed by atoms with Crippen LogP contribution in [-0.4, -0.2) is 36.3 Å². The fourth-order valence-corrected chi connectivity index (χ4v) is 3.56. The predicted octanol–water partition coefficient (Wildman–Crippen LogP) is 3.59. The van der Waals surface area contributed by atoms with Gasteiger partial charge in [-0.05, 0) is 54.9 Å². The molecule has 0 unspecified atom stereocenters. The van der Waals surface area contributed by atoms with Gasteiger partial charge in [-0.25, -0.2) is 0 Å². The first-order valence-electron chi connectivity index (χ1n) is 10.1. The summed E-state index contributed by atoms with van der Waals surface area (Å²) >= 11 is 0. The van der Waals surface area contributed by atoms with Crippen LogP contribution < -0.4 is 10.2 Å². The van der Waals surface area contributed by atoms with Crippen LogP contribution in [0.2, 0.25) is 0 Å². The largest absolute Gasteiger partial charge is 0.348 e. The molecule has 0 bridgehead atoms. The molecule has 0 spiro atoms. The van der Waals surface area contributed by atoms with E-state index in [1.807, 2.05) is 24.3 Å². The summed E-state index contributed by atoms with van der Waals surface area (Å²) in [6.45, 7) is 8.47. The van der Waals surface area contributed by atoms with Gasteiger partial charge in [0.25, 0.3) is 5.91 Å². The first kappa shape index (κ1) is 20.1. The Morgan fingerprint density at radius 1 is 1.04 bits per heavy atom. The standard InChI is InChI=1S/C23H29N3O2/c1-3-25(4-2)17-20-9-6-5-8-19(20)16-24-23(28)18-11-13-21(14-12-18)26-15-7-10-22(26)27/h5-6,8-9,11-14H,3-4,7,10,15-17H2,1-2H3,(H,24,28). The SMILES string of the molecule is CCN(CC)Cc1ccccc1CNC(=O)c1ccc(N2CCCC2=O)cc1. The third-order valence-electron chi connectivity index (χ3n) is 5.36. The van der Waals surface area contributed by atoms with Crippen molar-refractivity contribution in [1.82, 2.24) is 10.2 Å². The second-order valence-electron chi connectivity index (χ2n) is 7.11. The lowest BCUT2D eigenvalue weighted by molar-refractivity contribution is -0.117. The van der Waals surface area contributed by atoms with Crippen molar-refractivity contribution in [3.8, 4) is 0 Å². The van der Waals surface area contributed by atoms with Crippen molar-refractivity contribution in [2.24, 2.45) is 0 Å². The van der Waals surface area contributed by atoms with Crippen LogP contribution in [-0.2, 0) is 17.9 Å². The summed E-state index contributed by atoms with van der Waals surface area (Å²) < 4.78 is 0. The zero-order chi connectivity index (χ0) is 19.9. The molecule has 1 heterocycles. The Balaban J connectivity index is 1.62. The molecule has 1 N–H and O–H groups in total. The highest BCUT2D eigenvalue weighted by molar-refractivity contribution is 5.97. The average molecular weight is 380 g/mol. The van der Waals surface area contributed by atoms with Gasteiger partial charge in [0, 0.05) is 37.3 Å². The molecular formula is C23H29N3O2. The Morgan fingerprint density at radius 2 is 1.71 bits per heavy atom. The van der Waals surface area contributed by atoms with E-state index in [9.17, 15) is 9.59 Å². The molecule has 0 radical (unpaired) electrons. The zero-order valence-corrected chi connectivity index (χ0v) is 16.8. The van der Waals surface area contributed by atoms with Gasteiger partial charge in [-0.1, -0.05) is 38.1 Å². The fourth-order valence-electron chi connectivity index (χ4n) is 3.56. The summed E-state index contributed by atoms with van der Waals surface area (Å²) in [4.78, 5) is 28.5. The molecule has 0 aliphatic carbocycles. The van der Waals surface area contributed by atoms with Gasteiger partial charge in [-0.15, -0.1) is 0 Å². The van der Waals surface area contributed by atoms with E-state index >= 15 is 0 Å². The van der Waals surface area contributed by atoms with Crippen molar-refractivity contribution in [2.45, 2.75) is 39.8 Å². The van der Waals surface area contributed by atoms with E-state index in [1.54, 1.807) is 17.0 Å². The van der Waals surface area contributed by atoms with Gasteiger partial charge in [0.2, 0.25) is 5.91 Å². The predicted molar refractivity (Wildman–Crippen MR) is 112 cm³/mol. The molecule has 0 aromatic heterocycles. The Bertz CT molecular complexity index is 813. The van der Waals surface area contributed by atoms with Crippen LogP contribution >= 0.6 is 0 Å². The number of rotatable bonds is 8. The number of carbonyl (C=O) groups is 2. The molecule has 2 aromatic rings. The lowest BCUT2D eigenvalue weighted by atomic mass is 10.1. The van der Waals surface area contributed by atoms with E-state index in [4.69, 9.17) is 0 Å². The number of benzene rings is 2. The number of hydrogen-bond acceptors (Lipinski definition) is 3. The molecule has 1 aliphatic rings. The smallest absolute Gasteiger partial charge is 0.251 e. The lowest BCUT2D eigenvalue weighted by Gasteiger charge is -2.20. The van der Waals surface area contributed by atoms with Crippen molar-refractivity contribution in [3.05, 3.63) is 65.2 Å². The molecular weight excluding hydrogens is 350 g/mol. The number of nitrogens with zero attached hydrogens (tertiary/aromatic N) is 2. The van der Waals surface area contributed by atoms with Crippen molar-refractivity contribution >= 4 is 17.5 Å². The highest BCUT2D eigenvalue weighted by Gasteiger charge is 2.21. The summed E-state index contributed by atoms with van der Waals surface area (Å²) in [5.74, 6) is 0.0546. The van der Waals surface area contributed by atoms with Crippen LogP contribution in [0.1, 0.15) is 48.2 Å². The van der Waals surface area contributed by atoms with Crippen LogP contribution in [0.4, 0.5) is 5.69 Å². The normalized spacial score (nSPS) is 14.0. The van der Waals surface area contributed by atoms with Crippen LogP contribution in [0.3, 0.4) is 0 Å². The van der Waals surface area contributed by atoms with Crippen LogP contribution in [0.15, 0.2) is 48.5 Å². The highest BCUT2D eigenvalue weighted by atomic mass is 16.2. The molecule has 3 rings (SSSR count). The van der Waals surface area contributed by atoms with E-state index in [1.165, 1.54) is 5.56 Å². The second kappa shape index (κ2) is 9.51. The molecule has 1 fully saturated rings. The number of nitrogens with one attached hydrogen (secondary N) is 1. The van der Waals surface area contributed by atoms with Gasteiger partial charge in [0.05, 0.1) is 0 Å². The van der Waals surface area contributed by atoms with Crippen molar-refractivity contribution in [3.63, 3.8) is 0 Å². The van der Waals surface area contributed by atoms with Crippen molar-refractivity contribution < 1.29 is 9.59 Å². The molecule has 0 atom stereocenters. The minimum Gasteiger partial charge on any atom is -0.348 e. The van der Waals surface area contributed by atoms with Gasteiger partial charge in [-0.2, -0.15) is 0 Å². The number of carbonyl (C=O) groups excluding carboxylic acids is 2. The third kappa shape index (κ3) is 4.78. The summed E-state index contributed by atoms with van der Waals surface area (Å²) in [6, 6.07) is 15.5. The van der Waals surface area contributed by atoms with Crippen molar-refractivity contribution in [2.75, 3.05) is 24.5 Å². The summed E-state index contributed by atoms with van der Waals surface area (Å²) in [5.41, 5.74) is 3.86. The lowest BCUT2D eigenvalue weighted by Crippen LogP contribution is -2.26. The van der Waals surface area contributed by atoms with E-state index in [0.717, 1.165) is 43.9 Å². The van der Waals surface area contributed by atoms with E-state index in [2.05, 4.69) is 36.2 Å². The summed E-state index contributed by atoms with van der Waals surface area (Å²) in [7, 11) is 0. The fraction of sp³-hybridized carbons (Fsp3) is 0.391. The van der Waals surface area contributed by atoms with E-state index < -0.39 is 0 Å². The second-order valence-corrected chi connectivity index (χ2v) is 7.11. The molecule has 28 heavy (non-hydrogen) atoms. The van der Waals surface area contributed by atoms with Gasteiger partial charge >= 0.3 is 0 Å². The zero-order valence-electron chi connectivity index (χ0n) is 16.8. The van der Waals surface area contributed by atoms with Gasteiger partial charge in [0.15, 0.2) is 0 Å². The number of anilines is 1. The Labute approximate surface area is 167 Å². The maximum Gasteiger partial charge on any atom is 0.251 e. The van der Waals surface area contributed by atoms with E-state index in [0.29, 0.717) is 18.5 Å². The number of amides is 2. The monoisotopic (exact) mass is 379 g/mol. The minimum absolute atomic E-state index is 0.100. The first-order chi connectivity index (χ1) is 13.6. The molecule has 5 heteroatoms. The highest BCUT2D eigenvalue weighted by Crippen LogP contribution is 2.21. The Morgan fingerprint density at radius 3 is 2.32 bits per heavy atom. The number of hydrogen-bond donors (Lipinski definition) is 1. The van der Waals surface area contributed by atoms with Gasteiger partial charge in [-0.3, -0.25) is 14.5 Å². The third-order valence-corrected chi connectivity index (χ3v) is 5.36. The molecule has 1 saturated heterocycles. The maximum absolute atomic E-state index is 12.6. The summed E-state index contributed by atoms with van der Waals surface area (Å²) in [5, 5.41) is 3.02. The minimum atomic E-state index is -0.100. The van der Waals surface area contributed by atoms with Gasteiger partial charge in [0.1, 0.15) is 0 Å². The Hall–Kier alpha value is -2.66. The molecule has 148 valence electrons. The molecule has 1 aliphatic heterocycles. The van der Waals surface area contributed by atoms with Crippen LogP contribution in [0.5, 0.6) is 0 Å². The topological polar surface area (TPSA) is 52.7 Å².